The maximum atomic E-state index is 5.96. The van der Waals surface area contributed by atoms with Crippen molar-refractivity contribution in [1.29, 1.82) is 0 Å². The Bertz CT molecular complexity index is 602. The molecule has 0 bridgehead atoms. The Morgan fingerprint density at radius 3 is 2.15 bits per heavy atom. The summed E-state index contributed by atoms with van der Waals surface area (Å²) in [5.41, 5.74) is 15.1. The molecule has 1 aromatic heterocycles. The van der Waals surface area contributed by atoms with Crippen LogP contribution in [0.2, 0.25) is 0 Å². The average molecular weight is 273 g/mol. The maximum absolute atomic E-state index is 5.96. The number of nitrogen functional groups attached to an aromatic ring is 2. The van der Waals surface area contributed by atoms with E-state index < -0.39 is 0 Å². The van der Waals surface area contributed by atoms with Gasteiger partial charge in [-0.3, -0.25) is 0 Å². The van der Waals surface area contributed by atoms with E-state index in [1.54, 1.807) is 26.5 Å². The van der Waals surface area contributed by atoms with Crippen LogP contribution >= 0.6 is 0 Å². The number of hydrogen-bond donors (Lipinski definition) is 2. The zero-order chi connectivity index (χ0) is 14.7. The fourth-order valence-corrected chi connectivity index (χ4v) is 2.13. The monoisotopic (exact) mass is 273 g/mol. The number of anilines is 2. The van der Waals surface area contributed by atoms with E-state index in [1.807, 2.05) is 19.1 Å². The van der Waals surface area contributed by atoms with Crippen molar-refractivity contribution in [2.75, 3.05) is 25.7 Å². The van der Waals surface area contributed by atoms with Crippen LogP contribution in [-0.2, 0) is 6.42 Å². The van der Waals surface area contributed by atoms with Crippen molar-refractivity contribution in [2.45, 2.75) is 13.3 Å². The molecule has 2 aromatic rings. The van der Waals surface area contributed by atoms with Gasteiger partial charge in [-0.25, -0.2) is 4.98 Å². The first-order valence-corrected chi connectivity index (χ1v) is 6.26. The van der Waals surface area contributed by atoms with Crippen LogP contribution in [0.3, 0.4) is 0 Å². The lowest BCUT2D eigenvalue weighted by Gasteiger charge is -2.13. The number of methoxy groups -OCH3 is 2. The van der Waals surface area contributed by atoms with E-state index in [1.165, 1.54) is 0 Å². The predicted molar refractivity (Wildman–Crippen MR) is 80.2 cm³/mol. The van der Waals surface area contributed by atoms with Crippen LogP contribution in [0, 0.1) is 6.92 Å². The van der Waals surface area contributed by atoms with Gasteiger partial charge in [0, 0.05) is 29.9 Å². The minimum atomic E-state index is 0.422. The molecule has 4 N–H and O–H groups in total. The molecule has 0 spiro atoms. The average Bonchev–Trinajstić information content (AvgIpc) is 2.43. The highest BCUT2D eigenvalue weighted by atomic mass is 16.5. The lowest BCUT2D eigenvalue weighted by molar-refractivity contribution is 0.388. The van der Waals surface area contributed by atoms with Gasteiger partial charge in [0.25, 0.3) is 0 Å². The van der Waals surface area contributed by atoms with Crippen LogP contribution in [-0.4, -0.2) is 19.2 Å². The van der Waals surface area contributed by atoms with Crippen LogP contribution in [0.15, 0.2) is 24.4 Å². The van der Waals surface area contributed by atoms with Gasteiger partial charge in [0.2, 0.25) is 0 Å². The third-order valence-corrected chi connectivity index (χ3v) is 3.25. The van der Waals surface area contributed by atoms with Gasteiger partial charge < -0.3 is 20.9 Å². The molecule has 1 heterocycles. The van der Waals surface area contributed by atoms with Crippen LogP contribution in [0.4, 0.5) is 11.5 Å². The van der Waals surface area contributed by atoms with Crippen molar-refractivity contribution in [3.05, 3.63) is 41.1 Å². The predicted octanol–water partition coefficient (Wildman–Crippen LogP) is 2.16. The Labute approximate surface area is 118 Å². The van der Waals surface area contributed by atoms with Crippen LogP contribution in [0.25, 0.3) is 0 Å². The van der Waals surface area contributed by atoms with Crippen LogP contribution in [0.1, 0.15) is 16.7 Å². The zero-order valence-corrected chi connectivity index (χ0v) is 11.9. The van der Waals surface area contributed by atoms with Gasteiger partial charge in [-0.15, -0.1) is 0 Å². The minimum absolute atomic E-state index is 0.422. The summed E-state index contributed by atoms with van der Waals surface area (Å²) in [6.07, 6.45) is 2.34. The number of ether oxygens (including phenoxy) is 2. The molecule has 0 saturated heterocycles. The van der Waals surface area contributed by atoms with Crippen molar-refractivity contribution in [3.63, 3.8) is 0 Å². The molecule has 0 fully saturated rings. The molecule has 0 aliphatic rings. The number of hydrogen-bond acceptors (Lipinski definition) is 5. The second kappa shape index (κ2) is 5.69. The number of rotatable bonds is 4. The lowest BCUT2D eigenvalue weighted by Crippen LogP contribution is -2.01. The Kier molecular flexibility index (Phi) is 3.98. The number of aromatic nitrogens is 1. The third kappa shape index (κ3) is 2.77. The summed E-state index contributed by atoms with van der Waals surface area (Å²) in [6.45, 7) is 1.96. The Morgan fingerprint density at radius 2 is 1.65 bits per heavy atom. The van der Waals surface area contributed by atoms with Gasteiger partial charge in [0.15, 0.2) is 0 Å². The van der Waals surface area contributed by atoms with E-state index in [9.17, 15) is 0 Å². The largest absolute Gasteiger partial charge is 0.496 e. The van der Waals surface area contributed by atoms with E-state index in [0.717, 1.165) is 28.2 Å². The number of nitrogens with zero attached hydrogens (tertiary/aromatic N) is 1. The van der Waals surface area contributed by atoms with Gasteiger partial charge in [-0.05, 0) is 30.2 Å². The van der Waals surface area contributed by atoms with Gasteiger partial charge in [0.1, 0.15) is 17.3 Å². The van der Waals surface area contributed by atoms with E-state index in [4.69, 9.17) is 20.9 Å². The van der Waals surface area contributed by atoms with Crippen molar-refractivity contribution < 1.29 is 9.47 Å². The van der Waals surface area contributed by atoms with E-state index >= 15 is 0 Å². The van der Waals surface area contributed by atoms with Gasteiger partial charge >= 0.3 is 0 Å². The number of pyridine rings is 1. The first kappa shape index (κ1) is 14.0. The SMILES string of the molecule is COc1cc(Cc2cnc(N)cc2N)cc(OC)c1C. The molecule has 5 heteroatoms. The molecular formula is C15H19N3O2. The van der Waals surface area contributed by atoms with Crippen molar-refractivity contribution in [1.82, 2.24) is 4.98 Å². The summed E-state index contributed by atoms with van der Waals surface area (Å²) in [5, 5.41) is 0. The normalized spacial score (nSPS) is 10.3. The molecule has 0 saturated carbocycles. The van der Waals surface area contributed by atoms with Gasteiger partial charge in [-0.1, -0.05) is 0 Å². The molecule has 5 nitrogen and oxygen atoms in total. The highest BCUT2D eigenvalue weighted by Gasteiger charge is 2.10. The first-order valence-electron chi connectivity index (χ1n) is 6.26. The molecule has 0 aliphatic heterocycles. The lowest BCUT2D eigenvalue weighted by atomic mass is 10.0. The first-order chi connectivity index (χ1) is 9.55. The highest BCUT2D eigenvalue weighted by Crippen LogP contribution is 2.31. The Balaban J connectivity index is 2.38. The third-order valence-electron chi connectivity index (χ3n) is 3.25. The molecule has 0 unspecified atom stereocenters. The molecule has 0 atom stereocenters. The molecule has 1 aromatic carbocycles. The molecule has 0 aliphatic carbocycles. The Hall–Kier alpha value is -2.43. The van der Waals surface area contributed by atoms with Crippen molar-refractivity contribution in [2.24, 2.45) is 0 Å². The van der Waals surface area contributed by atoms with Crippen LogP contribution in [0.5, 0.6) is 11.5 Å². The Morgan fingerprint density at radius 1 is 1.05 bits per heavy atom. The molecule has 20 heavy (non-hydrogen) atoms. The maximum Gasteiger partial charge on any atom is 0.125 e. The van der Waals surface area contributed by atoms with E-state index in [0.29, 0.717) is 17.9 Å². The molecular weight excluding hydrogens is 254 g/mol. The summed E-state index contributed by atoms with van der Waals surface area (Å²) < 4.78 is 10.7. The van der Waals surface area contributed by atoms with E-state index in [2.05, 4.69) is 4.98 Å². The molecule has 106 valence electrons. The molecule has 0 amide bonds. The second-order valence-electron chi connectivity index (χ2n) is 4.61. The summed E-state index contributed by atoms with van der Waals surface area (Å²) in [7, 11) is 3.29. The standard InChI is InChI=1S/C15H19N3O2/c1-9-13(19-2)5-10(6-14(9)20-3)4-11-8-18-15(17)7-12(11)16/h5-8H,4H2,1-3H3,(H4,16,17,18). The number of benzene rings is 1. The minimum Gasteiger partial charge on any atom is -0.496 e. The van der Waals surface area contributed by atoms with Crippen LogP contribution < -0.4 is 20.9 Å². The van der Waals surface area contributed by atoms with Gasteiger partial charge in [-0.2, -0.15) is 0 Å². The van der Waals surface area contributed by atoms with Gasteiger partial charge in [0.05, 0.1) is 14.2 Å². The zero-order valence-electron chi connectivity index (χ0n) is 11.9. The summed E-state index contributed by atoms with van der Waals surface area (Å²) >= 11 is 0. The fourth-order valence-electron chi connectivity index (χ4n) is 2.13. The fraction of sp³-hybridized carbons (Fsp3) is 0.267. The van der Waals surface area contributed by atoms with Crippen molar-refractivity contribution in [3.8, 4) is 11.5 Å². The quantitative estimate of drug-likeness (QED) is 0.892. The molecule has 0 radical (unpaired) electrons. The molecule has 2 rings (SSSR count). The van der Waals surface area contributed by atoms with Crippen molar-refractivity contribution >= 4 is 11.5 Å². The number of nitrogens with two attached hydrogens (primary N) is 2. The second-order valence-corrected chi connectivity index (χ2v) is 4.61. The topological polar surface area (TPSA) is 83.4 Å². The summed E-state index contributed by atoms with van der Waals surface area (Å²) in [5.74, 6) is 2.01. The summed E-state index contributed by atoms with van der Waals surface area (Å²) in [6, 6.07) is 5.62. The summed E-state index contributed by atoms with van der Waals surface area (Å²) in [4.78, 5) is 4.07. The highest BCUT2D eigenvalue weighted by molar-refractivity contribution is 5.55. The van der Waals surface area contributed by atoms with E-state index in [-0.39, 0.29) is 0 Å². The smallest absolute Gasteiger partial charge is 0.125 e.